The number of nitrogens with zero attached hydrogens (tertiary/aromatic N) is 3. The lowest BCUT2D eigenvalue weighted by atomic mass is 9.81. The number of β-amino-alcohol motifs (C(OH)–C–C–N with tert-alkyl or cyclic N) is 2. The zero-order valence-corrected chi connectivity index (χ0v) is 34.3. The second-order valence-electron chi connectivity index (χ2n) is 16.1. The molecule has 3 aliphatic heterocycles. The highest BCUT2D eigenvalue weighted by Crippen LogP contribution is 2.47. The van der Waals surface area contributed by atoms with Gasteiger partial charge in [0.15, 0.2) is 0 Å². The number of likely N-dealkylation sites (N-methyl/N-ethyl adjacent to an activating group) is 2. The molecular weight excluding hydrogens is 767 g/mol. The normalized spacial score (nSPS) is 24.8. The predicted octanol–water partition coefficient (Wildman–Crippen LogP) is 1.63. The number of carbonyl (C=O) groups excluding carboxylic acids is 4. The van der Waals surface area contributed by atoms with E-state index < -0.39 is 71.6 Å². The summed E-state index contributed by atoms with van der Waals surface area (Å²) in [6.07, 6.45) is -1.01. The minimum atomic E-state index is -1.98. The number of halogens is 2. The van der Waals surface area contributed by atoms with E-state index in [1.807, 2.05) is 0 Å². The molecule has 2 saturated heterocycles. The maximum atomic E-state index is 14.8. The summed E-state index contributed by atoms with van der Waals surface area (Å²) in [5, 5.41) is 46.8. The van der Waals surface area contributed by atoms with E-state index >= 15 is 0 Å². The number of amides is 4. The van der Waals surface area contributed by atoms with Gasteiger partial charge in [-0.25, -0.2) is 13.8 Å². The van der Waals surface area contributed by atoms with Gasteiger partial charge >= 0.3 is 0 Å². The first-order valence-corrected chi connectivity index (χ1v) is 20.4. The molecule has 4 heterocycles. The molecular formula is C42H56F2N8O7. The third kappa shape index (κ3) is 8.75. The van der Waals surface area contributed by atoms with Crippen LogP contribution < -0.4 is 21.3 Å². The maximum absolute atomic E-state index is 14.8. The molecule has 4 amide bonds. The lowest BCUT2D eigenvalue weighted by molar-refractivity contribution is -0.138. The fraction of sp³-hybridized carbons (Fsp3) is 0.548. The van der Waals surface area contributed by atoms with Crippen molar-refractivity contribution in [2.75, 3.05) is 27.2 Å². The van der Waals surface area contributed by atoms with E-state index in [2.05, 4.69) is 26.3 Å². The van der Waals surface area contributed by atoms with Gasteiger partial charge in [0.25, 0.3) is 0 Å². The van der Waals surface area contributed by atoms with Crippen molar-refractivity contribution >= 4 is 45.9 Å². The van der Waals surface area contributed by atoms with Crippen LogP contribution in [0.15, 0.2) is 41.4 Å². The number of fused-ring (bicyclic) bond motifs is 2. The Morgan fingerprint density at radius 3 is 1.93 bits per heavy atom. The standard InChI is InChI=1S/C42H56F2N8O7/c1-7-32(49-38(55)21(3)45-5)40(57)51-19-27(53)15-25(51)17-30-29-11-9-23(43)13-34(29)47-36(30)37-42(59,31-12-10-24(44)14-35(31)48-37)18-26-16-28(54)20-52(26)41(58)33(8-2)50-39(56)22(4)46-6/h9-14,21-22,25-28,32-33,45-47,53-54,59H,7-8,15-20H2,1-6H3,(H,49,55)(H,50,56)/t21-,22+,25-,26+,27-,28+,32-,33+,42+/m1/s1. The summed E-state index contributed by atoms with van der Waals surface area (Å²) in [7, 11) is 3.27. The highest BCUT2D eigenvalue weighted by molar-refractivity contribution is 6.14. The quantitative estimate of drug-likeness (QED) is 0.112. The molecule has 0 bridgehead atoms. The number of likely N-dealkylation sites (tertiary alicyclic amines) is 2. The van der Waals surface area contributed by atoms with Gasteiger partial charge in [-0.05, 0) is 95.9 Å². The van der Waals surface area contributed by atoms with Crippen molar-refractivity contribution in [1.82, 2.24) is 36.1 Å². The second-order valence-corrected chi connectivity index (χ2v) is 16.1. The van der Waals surface area contributed by atoms with E-state index in [0.29, 0.717) is 22.9 Å². The van der Waals surface area contributed by atoms with Gasteiger partial charge in [0, 0.05) is 48.1 Å². The third-order valence-corrected chi connectivity index (χ3v) is 12.2. The number of aliphatic hydroxyl groups is 3. The molecule has 2 aromatic carbocycles. The fourth-order valence-electron chi connectivity index (χ4n) is 8.62. The largest absolute Gasteiger partial charge is 0.391 e. The number of H-pyrrole nitrogens is 1. The Labute approximate surface area is 342 Å². The Hall–Kier alpha value is -4.81. The van der Waals surface area contributed by atoms with Crippen LogP contribution in [0.4, 0.5) is 14.5 Å². The average molecular weight is 823 g/mol. The average Bonchev–Trinajstić information content (AvgIpc) is 3.95. The summed E-state index contributed by atoms with van der Waals surface area (Å²) in [5.41, 5.74) is -0.316. The van der Waals surface area contributed by atoms with Crippen molar-refractivity contribution in [2.24, 2.45) is 4.99 Å². The number of aromatic nitrogens is 1. The number of aliphatic hydroxyl groups excluding tert-OH is 2. The summed E-state index contributed by atoms with van der Waals surface area (Å²) in [4.78, 5) is 64.8. The van der Waals surface area contributed by atoms with Crippen molar-refractivity contribution < 1.29 is 43.3 Å². The van der Waals surface area contributed by atoms with Crippen molar-refractivity contribution in [3.63, 3.8) is 0 Å². The van der Waals surface area contributed by atoms with Gasteiger partial charge in [-0.3, -0.25) is 19.2 Å². The van der Waals surface area contributed by atoms with E-state index in [9.17, 15) is 43.3 Å². The first-order valence-electron chi connectivity index (χ1n) is 20.4. The number of benzene rings is 2. The van der Waals surface area contributed by atoms with Gasteiger partial charge in [-0.15, -0.1) is 0 Å². The summed E-state index contributed by atoms with van der Waals surface area (Å²) in [6, 6.07) is 3.75. The molecule has 0 radical (unpaired) electrons. The number of aliphatic imine (C=N–C) groups is 1. The highest BCUT2D eigenvalue weighted by atomic mass is 19.1. The summed E-state index contributed by atoms with van der Waals surface area (Å²) in [5.74, 6) is -2.67. The van der Waals surface area contributed by atoms with Gasteiger partial charge in [0.1, 0.15) is 35.0 Å². The first kappa shape index (κ1) is 43.8. The Balaban J connectivity index is 1.39. The van der Waals surface area contributed by atoms with E-state index in [1.165, 1.54) is 35.2 Å². The van der Waals surface area contributed by atoms with E-state index in [0.717, 1.165) is 0 Å². The van der Waals surface area contributed by atoms with Gasteiger partial charge < -0.3 is 51.4 Å². The molecule has 3 aromatic rings. The summed E-state index contributed by atoms with van der Waals surface area (Å²) in [6.45, 7) is 6.84. The van der Waals surface area contributed by atoms with Crippen LogP contribution >= 0.6 is 0 Å². The Morgan fingerprint density at radius 1 is 0.847 bits per heavy atom. The Morgan fingerprint density at radius 2 is 1.37 bits per heavy atom. The third-order valence-electron chi connectivity index (χ3n) is 12.2. The molecule has 2 fully saturated rings. The molecule has 0 spiro atoms. The topological polar surface area (TPSA) is 212 Å². The van der Waals surface area contributed by atoms with Crippen LogP contribution in [0.25, 0.3) is 10.9 Å². The van der Waals surface area contributed by atoms with Gasteiger partial charge in [0.2, 0.25) is 23.6 Å². The monoisotopic (exact) mass is 822 g/mol. The molecule has 1 aromatic heterocycles. The number of carbonyl (C=O) groups is 4. The number of hydrogen-bond donors (Lipinski definition) is 8. The van der Waals surface area contributed by atoms with Crippen LogP contribution in [-0.4, -0.2) is 135 Å². The molecule has 320 valence electrons. The predicted molar refractivity (Wildman–Crippen MR) is 217 cm³/mol. The summed E-state index contributed by atoms with van der Waals surface area (Å²) >= 11 is 0. The molecule has 9 atom stereocenters. The number of rotatable bonds is 15. The zero-order chi connectivity index (χ0) is 42.9. The lowest BCUT2D eigenvalue weighted by Crippen LogP contribution is -2.54. The molecule has 0 unspecified atom stereocenters. The smallest absolute Gasteiger partial charge is 0.245 e. The van der Waals surface area contributed by atoms with E-state index in [-0.39, 0.29) is 85.6 Å². The molecule has 0 aliphatic carbocycles. The maximum Gasteiger partial charge on any atom is 0.245 e. The molecule has 6 rings (SSSR count). The molecule has 0 saturated carbocycles. The van der Waals surface area contributed by atoms with Crippen LogP contribution in [0, 0.1) is 11.6 Å². The van der Waals surface area contributed by atoms with Crippen LogP contribution in [0.5, 0.6) is 0 Å². The minimum absolute atomic E-state index is 0.0142. The second kappa shape index (κ2) is 17.8. The molecule has 8 N–H and O–H groups in total. The van der Waals surface area contributed by atoms with E-state index in [1.54, 1.807) is 52.8 Å². The Kier molecular flexibility index (Phi) is 13.2. The number of aromatic amines is 1. The summed E-state index contributed by atoms with van der Waals surface area (Å²) < 4.78 is 29.6. The zero-order valence-electron chi connectivity index (χ0n) is 34.3. The van der Waals surface area contributed by atoms with Crippen molar-refractivity contribution in [2.45, 2.75) is 120 Å². The highest BCUT2D eigenvalue weighted by Gasteiger charge is 2.50. The van der Waals surface area contributed by atoms with E-state index in [4.69, 9.17) is 4.99 Å². The minimum Gasteiger partial charge on any atom is -0.391 e. The van der Waals surface area contributed by atoms with Gasteiger partial charge in [0.05, 0.1) is 35.7 Å². The van der Waals surface area contributed by atoms with Crippen LogP contribution in [-0.2, 0) is 31.2 Å². The van der Waals surface area contributed by atoms with Crippen molar-refractivity contribution in [3.05, 3.63) is 64.9 Å². The van der Waals surface area contributed by atoms with Gasteiger partial charge in [-0.2, -0.15) is 0 Å². The van der Waals surface area contributed by atoms with Crippen LogP contribution in [0.2, 0.25) is 0 Å². The van der Waals surface area contributed by atoms with Gasteiger partial charge in [-0.1, -0.05) is 19.9 Å². The fourth-order valence-corrected chi connectivity index (χ4v) is 8.62. The molecule has 17 heteroatoms. The first-order chi connectivity index (χ1) is 28.0. The van der Waals surface area contributed by atoms with Crippen molar-refractivity contribution in [1.29, 1.82) is 0 Å². The van der Waals surface area contributed by atoms with Crippen molar-refractivity contribution in [3.8, 4) is 0 Å². The number of nitrogens with one attached hydrogen (secondary N) is 5. The molecule has 59 heavy (non-hydrogen) atoms. The van der Waals surface area contributed by atoms with Crippen LogP contribution in [0.1, 0.15) is 76.6 Å². The molecule has 3 aliphatic rings. The molecule has 15 nitrogen and oxygen atoms in total. The lowest BCUT2D eigenvalue weighted by Gasteiger charge is -2.35. The number of hydrogen-bond acceptors (Lipinski definition) is 10. The van der Waals surface area contributed by atoms with Crippen LogP contribution in [0.3, 0.4) is 0 Å². The SMILES string of the molecule is CC[C@H](NC(=O)[C@H](C)NC)C(=O)N1C[C@@H](O)C[C@H]1C[C@@]1(O)C(c2[nH]c3cc(F)ccc3c2C[C@H]2C[C@@H](O)CN2C(=O)[C@@H](CC)NC(=O)[C@@H](C)NC)=Nc2cc(F)ccc21. The Bertz CT molecular complexity index is 2110.